The molecule has 1 saturated heterocycles. The minimum Gasteiger partial charge on any atom is -0.309 e. The molecule has 110 valence electrons. The van der Waals surface area contributed by atoms with Gasteiger partial charge in [-0.3, -0.25) is 0 Å². The highest BCUT2D eigenvalue weighted by Crippen LogP contribution is 2.41. The molecule has 1 heterocycles. The largest absolute Gasteiger partial charge is 0.309 e. The Morgan fingerprint density at radius 3 is 2.75 bits per heavy atom. The van der Waals surface area contributed by atoms with Gasteiger partial charge in [0.2, 0.25) is 0 Å². The molecule has 1 fully saturated rings. The van der Waals surface area contributed by atoms with Gasteiger partial charge in [-0.05, 0) is 55.3 Å². The van der Waals surface area contributed by atoms with Crippen molar-refractivity contribution in [2.75, 3.05) is 26.2 Å². The molecule has 1 aliphatic heterocycles. The van der Waals surface area contributed by atoms with Crippen LogP contribution in [0.3, 0.4) is 0 Å². The molecule has 1 atom stereocenters. The fourth-order valence-corrected chi connectivity index (χ4v) is 3.83. The van der Waals surface area contributed by atoms with Crippen molar-refractivity contribution < 1.29 is 0 Å². The van der Waals surface area contributed by atoms with E-state index in [1.165, 1.54) is 50.9 Å². The highest BCUT2D eigenvalue weighted by molar-refractivity contribution is 5.38. The van der Waals surface area contributed by atoms with E-state index in [-0.39, 0.29) is 0 Å². The van der Waals surface area contributed by atoms with E-state index in [0.29, 0.717) is 11.5 Å². The minimum atomic E-state index is 0.337. The smallest absolute Gasteiger partial charge is 0.0324 e. The van der Waals surface area contributed by atoms with Gasteiger partial charge in [0.05, 0.1) is 0 Å². The summed E-state index contributed by atoms with van der Waals surface area (Å²) in [6, 6.07) is 9.58. The van der Waals surface area contributed by atoms with Crippen LogP contribution < -0.4 is 5.32 Å². The molecule has 1 aromatic carbocycles. The lowest BCUT2D eigenvalue weighted by atomic mass is 9.71. The third-order valence-electron chi connectivity index (χ3n) is 5.14. The van der Waals surface area contributed by atoms with Crippen molar-refractivity contribution in [1.29, 1.82) is 0 Å². The Balaban J connectivity index is 1.62. The van der Waals surface area contributed by atoms with Crippen LogP contribution in [0.1, 0.15) is 56.7 Å². The van der Waals surface area contributed by atoms with Gasteiger partial charge in [-0.1, -0.05) is 38.1 Å². The van der Waals surface area contributed by atoms with Gasteiger partial charge in [-0.15, -0.1) is 0 Å². The van der Waals surface area contributed by atoms with Crippen LogP contribution in [0.15, 0.2) is 24.3 Å². The molecule has 2 heteroatoms. The Morgan fingerprint density at radius 1 is 1.20 bits per heavy atom. The molecule has 1 unspecified atom stereocenters. The van der Waals surface area contributed by atoms with Crippen LogP contribution in [-0.4, -0.2) is 31.1 Å². The van der Waals surface area contributed by atoms with Crippen LogP contribution in [0.25, 0.3) is 0 Å². The van der Waals surface area contributed by atoms with E-state index in [1.807, 2.05) is 0 Å². The standard InChI is InChI=1S/C18H28N2/c1-18(2)10-9-17(15-7-3-4-8-16(15)18)19-11-14-20-12-5-6-13-20/h3-4,7-8,17,19H,5-6,9-14H2,1-2H3. The zero-order valence-corrected chi connectivity index (χ0v) is 13.0. The molecule has 0 aromatic heterocycles. The average molecular weight is 272 g/mol. The van der Waals surface area contributed by atoms with Crippen molar-refractivity contribution >= 4 is 0 Å². The normalized spacial score (nSPS) is 25.6. The Labute approximate surface area is 123 Å². The highest BCUT2D eigenvalue weighted by Gasteiger charge is 2.31. The van der Waals surface area contributed by atoms with Crippen LogP contribution in [0.2, 0.25) is 0 Å². The number of rotatable bonds is 4. The van der Waals surface area contributed by atoms with Crippen LogP contribution in [0.5, 0.6) is 0 Å². The van der Waals surface area contributed by atoms with Crippen molar-refractivity contribution in [3.63, 3.8) is 0 Å². The maximum absolute atomic E-state index is 3.80. The number of fused-ring (bicyclic) bond motifs is 1. The summed E-state index contributed by atoms with van der Waals surface area (Å²) in [5.74, 6) is 0. The van der Waals surface area contributed by atoms with Gasteiger partial charge in [0.25, 0.3) is 0 Å². The highest BCUT2D eigenvalue weighted by atomic mass is 15.2. The zero-order chi connectivity index (χ0) is 14.0. The van der Waals surface area contributed by atoms with Crippen LogP contribution in [0, 0.1) is 0 Å². The number of hydrogen-bond acceptors (Lipinski definition) is 2. The second-order valence-electron chi connectivity index (χ2n) is 7.07. The van der Waals surface area contributed by atoms with E-state index in [2.05, 4.69) is 48.3 Å². The lowest BCUT2D eigenvalue weighted by Crippen LogP contribution is -2.36. The molecular formula is C18H28N2. The minimum absolute atomic E-state index is 0.337. The first kappa shape index (κ1) is 14.1. The second kappa shape index (κ2) is 5.87. The Hall–Kier alpha value is -0.860. The van der Waals surface area contributed by atoms with Crippen LogP contribution in [-0.2, 0) is 5.41 Å². The number of likely N-dealkylation sites (tertiary alicyclic amines) is 1. The van der Waals surface area contributed by atoms with Gasteiger partial charge < -0.3 is 10.2 Å². The van der Waals surface area contributed by atoms with Crippen molar-refractivity contribution in [2.45, 2.75) is 51.0 Å². The lowest BCUT2D eigenvalue weighted by molar-refractivity contribution is 0.309. The molecule has 1 N–H and O–H groups in total. The van der Waals surface area contributed by atoms with E-state index in [9.17, 15) is 0 Å². The van der Waals surface area contributed by atoms with E-state index < -0.39 is 0 Å². The molecular weight excluding hydrogens is 244 g/mol. The summed E-state index contributed by atoms with van der Waals surface area (Å²) < 4.78 is 0. The van der Waals surface area contributed by atoms with Gasteiger partial charge in [-0.25, -0.2) is 0 Å². The third kappa shape index (κ3) is 2.91. The number of hydrogen-bond donors (Lipinski definition) is 1. The number of nitrogens with one attached hydrogen (secondary N) is 1. The molecule has 3 rings (SSSR count). The maximum Gasteiger partial charge on any atom is 0.0324 e. The quantitative estimate of drug-likeness (QED) is 0.902. The summed E-state index contributed by atoms with van der Waals surface area (Å²) in [7, 11) is 0. The lowest BCUT2D eigenvalue weighted by Gasteiger charge is -2.37. The molecule has 0 amide bonds. The number of nitrogens with zero attached hydrogens (tertiary/aromatic N) is 1. The number of benzene rings is 1. The molecule has 1 aromatic rings. The fourth-order valence-electron chi connectivity index (χ4n) is 3.83. The molecule has 0 saturated carbocycles. The van der Waals surface area contributed by atoms with E-state index >= 15 is 0 Å². The Kier molecular flexibility index (Phi) is 4.13. The maximum atomic E-state index is 3.80. The van der Waals surface area contributed by atoms with E-state index in [1.54, 1.807) is 5.56 Å². The average Bonchev–Trinajstić information content (AvgIpc) is 2.95. The molecule has 0 radical (unpaired) electrons. The predicted molar refractivity (Wildman–Crippen MR) is 85.1 cm³/mol. The van der Waals surface area contributed by atoms with E-state index in [4.69, 9.17) is 0 Å². The van der Waals surface area contributed by atoms with Crippen LogP contribution >= 0.6 is 0 Å². The predicted octanol–water partition coefficient (Wildman–Crippen LogP) is 3.48. The molecule has 0 spiro atoms. The molecule has 1 aliphatic carbocycles. The molecule has 20 heavy (non-hydrogen) atoms. The van der Waals surface area contributed by atoms with Crippen LogP contribution in [0.4, 0.5) is 0 Å². The van der Waals surface area contributed by atoms with E-state index in [0.717, 1.165) is 6.54 Å². The first-order valence-electron chi connectivity index (χ1n) is 8.22. The van der Waals surface area contributed by atoms with Gasteiger partial charge in [0.1, 0.15) is 0 Å². The Morgan fingerprint density at radius 2 is 1.95 bits per heavy atom. The third-order valence-corrected chi connectivity index (χ3v) is 5.14. The monoisotopic (exact) mass is 272 g/mol. The molecule has 2 nitrogen and oxygen atoms in total. The zero-order valence-electron chi connectivity index (χ0n) is 13.0. The van der Waals surface area contributed by atoms with Crippen molar-refractivity contribution in [3.8, 4) is 0 Å². The first-order valence-corrected chi connectivity index (χ1v) is 8.22. The van der Waals surface area contributed by atoms with Gasteiger partial charge in [0, 0.05) is 19.1 Å². The van der Waals surface area contributed by atoms with Crippen molar-refractivity contribution in [2.24, 2.45) is 0 Å². The van der Waals surface area contributed by atoms with Crippen molar-refractivity contribution in [1.82, 2.24) is 10.2 Å². The summed E-state index contributed by atoms with van der Waals surface area (Å²) in [4.78, 5) is 2.59. The second-order valence-corrected chi connectivity index (χ2v) is 7.07. The fraction of sp³-hybridized carbons (Fsp3) is 0.667. The summed E-state index contributed by atoms with van der Waals surface area (Å²) in [5, 5.41) is 3.80. The summed E-state index contributed by atoms with van der Waals surface area (Å²) >= 11 is 0. The van der Waals surface area contributed by atoms with Gasteiger partial charge >= 0.3 is 0 Å². The SMILES string of the molecule is CC1(C)CCC(NCCN2CCCC2)c2ccccc21. The van der Waals surface area contributed by atoms with Gasteiger partial charge in [-0.2, -0.15) is 0 Å². The molecule has 2 aliphatic rings. The summed E-state index contributed by atoms with van der Waals surface area (Å²) in [6.45, 7) is 9.70. The summed E-state index contributed by atoms with van der Waals surface area (Å²) in [6.07, 6.45) is 5.33. The molecule has 0 bridgehead atoms. The summed E-state index contributed by atoms with van der Waals surface area (Å²) in [5.41, 5.74) is 3.42. The van der Waals surface area contributed by atoms with Gasteiger partial charge in [0.15, 0.2) is 0 Å². The first-order chi connectivity index (χ1) is 9.67. The van der Waals surface area contributed by atoms with Crippen molar-refractivity contribution in [3.05, 3.63) is 35.4 Å². The Bertz CT molecular complexity index is 446. The topological polar surface area (TPSA) is 15.3 Å².